The number of hydrogen-bond donors (Lipinski definition) is 2. The van der Waals surface area contributed by atoms with Gasteiger partial charge in [-0.05, 0) is 30.7 Å². The van der Waals surface area contributed by atoms with Crippen molar-refractivity contribution in [3.8, 4) is 5.75 Å². The number of anilines is 1. The number of ether oxygens (including phenoxy) is 1. The summed E-state index contributed by atoms with van der Waals surface area (Å²) in [5.41, 5.74) is 6.15. The van der Waals surface area contributed by atoms with Crippen LogP contribution in [0.1, 0.15) is 6.42 Å². The highest BCUT2D eigenvalue weighted by Crippen LogP contribution is 2.13. The Balaban J connectivity index is 1.81. The predicted octanol–water partition coefficient (Wildman–Crippen LogP) is -0.202. The Bertz CT molecular complexity index is 600. The third-order valence-corrected chi connectivity index (χ3v) is 4.60. The van der Waals surface area contributed by atoms with Crippen LogP contribution in [0, 0.1) is 0 Å². The number of nitrogen functional groups attached to an aromatic ring is 1. The van der Waals surface area contributed by atoms with Crippen LogP contribution in [0.5, 0.6) is 5.75 Å². The minimum atomic E-state index is -3.55. The number of nitrogens with zero attached hydrogens (tertiary/aromatic N) is 1. The fourth-order valence-electron chi connectivity index (χ4n) is 2.04. The maximum atomic E-state index is 11.9. The Morgan fingerprint density at radius 3 is 2.62 bits per heavy atom. The number of likely N-dealkylation sites (N-methyl/N-ethyl adjacent to an activating group) is 1. The van der Waals surface area contributed by atoms with Crippen LogP contribution in [-0.2, 0) is 14.8 Å². The standard InChI is InChI=1S/C13H19N3O4S/c1-16-7-6-12(13(16)17)15-21(18,19)9-8-20-11-4-2-10(14)3-5-11/h2-5,12,15H,6-9,14H2,1H3. The van der Waals surface area contributed by atoms with Gasteiger partial charge in [0.25, 0.3) is 0 Å². The number of hydrogen-bond acceptors (Lipinski definition) is 5. The Kier molecular flexibility index (Phi) is 4.69. The lowest BCUT2D eigenvalue weighted by Crippen LogP contribution is -2.42. The highest BCUT2D eigenvalue weighted by molar-refractivity contribution is 7.89. The van der Waals surface area contributed by atoms with Crippen LogP contribution < -0.4 is 15.2 Å². The van der Waals surface area contributed by atoms with Gasteiger partial charge in [-0.2, -0.15) is 0 Å². The second kappa shape index (κ2) is 6.31. The number of carbonyl (C=O) groups excluding carboxylic acids is 1. The fraction of sp³-hybridized carbons (Fsp3) is 0.462. The zero-order valence-electron chi connectivity index (χ0n) is 11.8. The molecule has 2 rings (SSSR count). The highest BCUT2D eigenvalue weighted by atomic mass is 32.2. The molecule has 0 aliphatic carbocycles. The molecular formula is C13H19N3O4S. The zero-order chi connectivity index (χ0) is 15.5. The van der Waals surface area contributed by atoms with Crippen LogP contribution in [0.15, 0.2) is 24.3 Å². The molecule has 1 unspecified atom stereocenters. The van der Waals surface area contributed by atoms with Crippen LogP contribution in [0.2, 0.25) is 0 Å². The first-order valence-electron chi connectivity index (χ1n) is 6.61. The molecule has 0 bridgehead atoms. The second-order valence-electron chi connectivity index (χ2n) is 4.96. The van der Waals surface area contributed by atoms with Gasteiger partial charge in [0.05, 0.1) is 5.75 Å². The molecule has 1 aliphatic rings. The van der Waals surface area contributed by atoms with Crippen molar-refractivity contribution >= 4 is 21.6 Å². The van der Waals surface area contributed by atoms with Gasteiger partial charge in [-0.15, -0.1) is 0 Å². The molecule has 0 aromatic heterocycles. The van der Waals surface area contributed by atoms with Crippen molar-refractivity contribution in [2.75, 3.05) is 31.7 Å². The van der Waals surface area contributed by atoms with E-state index in [2.05, 4.69) is 4.72 Å². The van der Waals surface area contributed by atoms with Gasteiger partial charge in [-0.25, -0.2) is 13.1 Å². The molecule has 1 atom stereocenters. The normalized spacial score (nSPS) is 19.0. The lowest BCUT2D eigenvalue weighted by Gasteiger charge is -2.13. The number of rotatable bonds is 6. The van der Waals surface area contributed by atoms with E-state index in [-0.39, 0.29) is 18.3 Å². The topological polar surface area (TPSA) is 102 Å². The molecule has 0 saturated carbocycles. The maximum Gasteiger partial charge on any atom is 0.240 e. The molecular weight excluding hydrogens is 294 g/mol. The molecule has 1 fully saturated rings. The molecule has 0 spiro atoms. The van der Waals surface area contributed by atoms with E-state index in [1.165, 1.54) is 4.90 Å². The van der Waals surface area contributed by atoms with Crippen LogP contribution in [0.3, 0.4) is 0 Å². The van der Waals surface area contributed by atoms with E-state index < -0.39 is 16.1 Å². The number of nitrogens with one attached hydrogen (secondary N) is 1. The Labute approximate surface area is 124 Å². The number of nitrogens with two attached hydrogens (primary N) is 1. The van der Waals surface area contributed by atoms with Crippen LogP contribution in [-0.4, -0.2) is 51.2 Å². The number of likely N-dealkylation sites (tertiary alicyclic amines) is 1. The molecule has 1 heterocycles. The number of carbonyl (C=O) groups is 1. The van der Waals surface area contributed by atoms with Gasteiger partial charge in [0.15, 0.2) is 0 Å². The summed E-state index contributed by atoms with van der Waals surface area (Å²) in [4.78, 5) is 13.2. The first-order chi connectivity index (χ1) is 9.87. The summed E-state index contributed by atoms with van der Waals surface area (Å²) in [5, 5.41) is 0. The lowest BCUT2D eigenvalue weighted by atomic mass is 10.3. The predicted molar refractivity (Wildman–Crippen MR) is 79.3 cm³/mol. The molecule has 1 aromatic carbocycles. The Hall–Kier alpha value is -1.80. The van der Waals surface area contributed by atoms with E-state index in [1.807, 2.05) is 0 Å². The minimum Gasteiger partial charge on any atom is -0.492 e. The highest BCUT2D eigenvalue weighted by Gasteiger charge is 2.32. The van der Waals surface area contributed by atoms with Crippen LogP contribution in [0.4, 0.5) is 5.69 Å². The molecule has 21 heavy (non-hydrogen) atoms. The average Bonchev–Trinajstić information content (AvgIpc) is 2.72. The first-order valence-corrected chi connectivity index (χ1v) is 8.26. The van der Waals surface area contributed by atoms with E-state index in [4.69, 9.17) is 10.5 Å². The van der Waals surface area contributed by atoms with Crippen molar-refractivity contribution in [3.63, 3.8) is 0 Å². The number of amides is 1. The molecule has 7 nitrogen and oxygen atoms in total. The third-order valence-electron chi connectivity index (χ3n) is 3.25. The van der Waals surface area contributed by atoms with Gasteiger partial charge < -0.3 is 15.4 Å². The number of benzene rings is 1. The van der Waals surface area contributed by atoms with Gasteiger partial charge >= 0.3 is 0 Å². The third kappa shape index (κ3) is 4.33. The molecule has 0 radical (unpaired) electrons. The van der Waals surface area contributed by atoms with Crippen molar-refractivity contribution in [1.29, 1.82) is 0 Å². The summed E-state index contributed by atoms with van der Waals surface area (Å²) < 4.78 is 31.6. The molecule has 3 N–H and O–H groups in total. The van der Waals surface area contributed by atoms with Crippen LogP contribution in [0.25, 0.3) is 0 Å². The zero-order valence-corrected chi connectivity index (χ0v) is 12.6. The average molecular weight is 313 g/mol. The minimum absolute atomic E-state index is 0.00992. The smallest absolute Gasteiger partial charge is 0.240 e. The lowest BCUT2D eigenvalue weighted by molar-refractivity contribution is -0.127. The summed E-state index contributed by atoms with van der Waals surface area (Å²) >= 11 is 0. The summed E-state index contributed by atoms with van der Waals surface area (Å²) in [7, 11) is -1.89. The summed E-state index contributed by atoms with van der Waals surface area (Å²) in [5.74, 6) is 0.152. The van der Waals surface area contributed by atoms with Gasteiger partial charge in [0, 0.05) is 19.3 Å². The van der Waals surface area contributed by atoms with Crippen LogP contribution >= 0.6 is 0 Å². The molecule has 8 heteroatoms. The Morgan fingerprint density at radius 2 is 2.05 bits per heavy atom. The molecule has 116 valence electrons. The van der Waals surface area contributed by atoms with Crippen molar-refractivity contribution in [3.05, 3.63) is 24.3 Å². The molecule has 1 aliphatic heterocycles. The largest absolute Gasteiger partial charge is 0.492 e. The summed E-state index contributed by atoms with van der Waals surface area (Å²) in [6.07, 6.45) is 0.493. The van der Waals surface area contributed by atoms with Gasteiger partial charge in [-0.3, -0.25) is 4.79 Å². The van der Waals surface area contributed by atoms with Crippen molar-refractivity contribution < 1.29 is 17.9 Å². The molecule has 1 saturated heterocycles. The van der Waals surface area contributed by atoms with Crippen molar-refractivity contribution in [2.45, 2.75) is 12.5 Å². The number of sulfonamides is 1. The first kappa shape index (κ1) is 15.6. The molecule has 1 amide bonds. The molecule has 1 aromatic rings. The van der Waals surface area contributed by atoms with Gasteiger partial charge in [0.1, 0.15) is 18.4 Å². The maximum absolute atomic E-state index is 11.9. The van der Waals surface area contributed by atoms with E-state index in [0.29, 0.717) is 24.4 Å². The fourth-order valence-corrected chi connectivity index (χ4v) is 3.11. The monoisotopic (exact) mass is 313 g/mol. The van der Waals surface area contributed by atoms with E-state index in [0.717, 1.165) is 0 Å². The van der Waals surface area contributed by atoms with E-state index >= 15 is 0 Å². The van der Waals surface area contributed by atoms with E-state index in [9.17, 15) is 13.2 Å². The summed E-state index contributed by atoms with van der Waals surface area (Å²) in [6.45, 7) is 0.573. The second-order valence-corrected chi connectivity index (χ2v) is 6.83. The van der Waals surface area contributed by atoms with E-state index in [1.54, 1.807) is 31.3 Å². The Morgan fingerprint density at radius 1 is 1.38 bits per heavy atom. The van der Waals surface area contributed by atoms with Crippen molar-refractivity contribution in [2.24, 2.45) is 0 Å². The van der Waals surface area contributed by atoms with Crippen molar-refractivity contribution in [1.82, 2.24) is 9.62 Å². The van der Waals surface area contributed by atoms with Gasteiger partial charge in [-0.1, -0.05) is 0 Å². The van der Waals surface area contributed by atoms with Gasteiger partial charge in [0.2, 0.25) is 15.9 Å². The summed E-state index contributed by atoms with van der Waals surface area (Å²) in [6, 6.07) is 6.04. The SMILES string of the molecule is CN1CCC(NS(=O)(=O)CCOc2ccc(N)cc2)C1=O. The quantitative estimate of drug-likeness (QED) is 0.708.